The molecule has 0 radical (unpaired) electrons. The second-order valence-corrected chi connectivity index (χ2v) is 5.95. The Balaban J connectivity index is 2.38. The number of carbonyl (C=O) groups is 2. The number of ether oxygens (including phenoxy) is 2. The van der Waals surface area contributed by atoms with Gasteiger partial charge in [-0.3, -0.25) is 19.7 Å². The van der Waals surface area contributed by atoms with E-state index >= 15 is 0 Å². The average Bonchev–Trinajstić information content (AvgIpc) is 2.66. The third-order valence-corrected chi connectivity index (χ3v) is 4.24. The lowest BCUT2D eigenvalue weighted by molar-refractivity contribution is -0.385. The molecule has 0 heterocycles. The SMILES string of the molecule is COc1ccc(C(CC(=O)O)NC(=O)c2cccc([N+](=O)[O-])c2C)cc1OC. The maximum absolute atomic E-state index is 12.7. The average molecular weight is 388 g/mol. The van der Waals surface area contributed by atoms with Crippen LogP contribution in [0.25, 0.3) is 0 Å². The van der Waals surface area contributed by atoms with Crippen molar-refractivity contribution < 1.29 is 29.1 Å². The maximum Gasteiger partial charge on any atom is 0.305 e. The molecule has 2 rings (SSSR count). The number of nitro benzene ring substituents is 1. The molecule has 0 aliphatic heterocycles. The minimum atomic E-state index is -1.11. The van der Waals surface area contributed by atoms with Crippen LogP contribution in [0.3, 0.4) is 0 Å². The Labute approximate surface area is 161 Å². The molecule has 9 nitrogen and oxygen atoms in total. The van der Waals surface area contributed by atoms with Crippen molar-refractivity contribution >= 4 is 17.6 Å². The molecule has 0 fully saturated rings. The summed E-state index contributed by atoms with van der Waals surface area (Å²) in [6.07, 6.45) is -0.380. The predicted molar refractivity (Wildman–Crippen MR) is 99.8 cm³/mol. The summed E-state index contributed by atoms with van der Waals surface area (Å²) in [6, 6.07) is 8.08. The van der Waals surface area contributed by atoms with Gasteiger partial charge >= 0.3 is 5.97 Å². The molecule has 28 heavy (non-hydrogen) atoms. The number of aliphatic carboxylic acids is 1. The van der Waals surface area contributed by atoms with E-state index in [1.807, 2.05) is 0 Å². The maximum atomic E-state index is 12.7. The highest BCUT2D eigenvalue weighted by Crippen LogP contribution is 2.31. The van der Waals surface area contributed by atoms with Gasteiger partial charge in [-0.05, 0) is 30.7 Å². The van der Waals surface area contributed by atoms with Crippen molar-refractivity contribution in [2.45, 2.75) is 19.4 Å². The molecule has 0 aromatic heterocycles. The Kier molecular flexibility index (Phi) is 6.54. The van der Waals surface area contributed by atoms with Crippen molar-refractivity contribution in [3.63, 3.8) is 0 Å². The molecule has 1 unspecified atom stereocenters. The number of rotatable bonds is 8. The molecule has 0 aliphatic carbocycles. The van der Waals surface area contributed by atoms with Crippen molar-refractivity contribution in [2.24, 2.45) is 0 Å². The van der Waals surface area contributed by atoms with Gasteiger partial charge in [-0.1, -0.05) is 12.1 Å². The number of carboxylic acid groups (broad SMARTS) is 1. The molecule has 0 saturated carbocycles. The van der Waals surface area contributed by atoms with Crippen LogP contribution in [-0.2, 0) is 4.79 Å². The molecule has 148 valence electrons. The van der Waals surface area contributed by atoms with Gasteiger partial charge in [-0.25, -0.2) is 0 Å². The molecule has 1 atom stereocenters. The highest BCUT2D eigenvalue weighted by atomic mass is 16.6. The lowest BCUT2D eigenvalue weighted by atomic mass is 10.0. The Morgan fingerprint density at radius 1 is 1.18 bits per heavy atom. The third-order valence-electron chi connectivity index (χ3n) is 4.24. The number of carbonyl (C=O) groups excluding carboxylic acids is 1. The molecule has 9 heteroatoms. The van der Waals surface area contributed by atoms with Gasteiger partial charge in [0, 0.05) is 17.2 Å². The zero-order valence-corrected chi connectivity index (χ0v) is 15.6. The quantitative estimate of drug-likeness (QED) is 0.525. The predicted octanol–water partition coefficient (Wildman–Crippen LogP) is 2.87. The first kappa shape index (κ1) is 20.7. The number of amides is 1. The summed E-state index contributed by atoms with van der Waals surface area (Å²) in [7, 11) is 2.91. The van der Waals surface area contributed by atoms with Crippen molar-refractivity contribution in [1.82, 2.24) is 5.32 Å². The second-order valence-electron chi connectivity index (χ2n) is 5.95. The van der Waals surface area contributed by atoms with E-state index in [1.165, 1.54) is 39.3 Å². The van der Waals surface area contributed by atoms with Crippen LogP contribution in [0.1, 0.15) is 33.9 Å². The molecular weight excluding hydrogens is 368 g/mol. The van der Waals surface area contributed by atoms with Gasteiger partial charge in [-0.15, -0.1) is 0 Å². The summed E-state index contributed by atoms with van der Waals surface area (Å²) in [5, 5.41) is 23.0. The van der Waals surface area contributed by atoms with Crippen LogP contribution in [0.4, 0.5) is 5.69 Å². The molecule has 2 aromatic rings. The van der Waals surface area contributed by atoms with Gasteiger partial charge in [0.15, 0.2) is 11.5 Å². The van der Waals surface area contributed by atoms with Crippen LogP contribution in [0.2, 0.25) is 0 Å². The van der Waals surface area contributed by atoms with E-state index in [4.69, 9.17) is 9.47 Å². The molecular formula is C19H20N2O7. The standard InChI is InChI=1S/C19H20N2O7/c1-11-13(5-4-6-15(11)21(25)26)19(24)20-14(10-18(22)23)12-7-8-16(27-2)17(9-12)28-3/h4-9,14H,10H2,1-3H3,(H,20,24)(H,22,23). The minimum absolute atomic E-state index is 0.102. The van der Waals surface area contributed by atoms with Crippen molar-refractivity contribution in [1.29, 1.82) is 0 Å². The molecule has 2 N–H and O–H groups in total. The van der Waals surface area contributed by atoms with Gasteiger partial charge in [0.05, 0.1) is 31.6 Å². The normalized spacial score (nSPS) is 11.4. The molecule has 0 bridgehead atoms. The van der Waals surface area contributed by atoms with Crippen LogP contribution in [0.15, 0.2) is 36.4 Å². The fraction of sp³-hybridized carbons (Fsp3) is 0.263. The van der Waals surface area contributed by atoms with Crippen molar-refractivity contribution in [3.8, 4) is 11.5 Å². The number of carboxylic acids is 1. The van der Waals surface area contributed by atoms with Crippen molar-refractivity contribution in [3.05, 3.63) is 63.2 Å². The summed E-state index contributed by atoms with van der Waals surface area (Å²) in [4.78, 5) is 34.5. The van der Waals surface area contributed by atoms with Crippen LogP contribution >= 0.6 is 0 Å². The number of nitro groups is 1. The Morgan fingerprint density at radius 3 is 2.43 bits per heavy atom. The van der Waals surface area contributed by atoms with E-state index < -0.39 is 22.8 Å². The first-order chi connectivity index (χ1) is 13.3. The summed E-state index contributed by atoms with van der Waals surface area (Å²) < 4.78 is 10.4. The van der Waals surface area contributed by atoms with Gasteiger partial charge in [0.1, 0.15) is 0 Å². The Morgan fingerprint density at radius 2 is 1.86 bits per heavy atom. The van der Waals surface area contributed by atoms with E-state index in [1.54, 1.807) is 18.2 Å². The zero-order valence-electron chi connectivity index (χ0n) is 15.6. The van der Waals surface area contributed by atoms with E-state index in [0.717, 1.165) is 0 Å². The first-order valence-corrected chi connectivity index (χ1v) is 8.27. The fourth-order valence-electron chi connectivity index (χ4n) is 2.80. The lowest BCUT2D eigenvalue weighted by Gasteiger charge is -2.19. The van der Waals surface area contributed by atoms with E-state index in [9.17, 15) is 24.8 Å². The molecule has 0 spiro atoms. The van der Waals surface area contributed by atoms with Gasteiger partial charge < -0.3 is 19.9 Å². The van der Waals surface area contributed by atoms with Crippen LogP contribution in [-0.4, -0.2) is 36.1 Å². The summed E-state index contributed by atoms with van der Waals surface area (Å²) >= 11 is 0. The van der Waals surface area contributed by atoms with Crippen molar-refractivity contribution in [2.75, 3.05) is 14.2 Å². The van der Waals surface area contributed by atoms with Gasteiger partial charge in [-0.2, -0.15) is 0 Å². The third kappa shape index (κ3) is 4.56. The van der Waals surface area contributed by atoms with Crippen LogP contribution in [0.5, 0.6) is 11.5 Å². The van der Waals surface area contributed by atoms with E-state index in [0.29, 0.717) is 17.1 Å². The van der Waals surface area contributed by atoms with E-state index in [2.05, 4.69) is 5.32 Å². The molecule has 0 saturated heterocycles. The minimum Gasteiger partial charge on any atom is -0.493 e. The number of methoxy groups -OCH3 is 2. The number of benzene rings is 2. The number of nitrogens with zero attached hydrogens (tertiary/aromatic N) is 1. The number of hydrogen-bond donors (Lipinski definition) is 2. The summed E-state index contributed by atoms with van der Waals surface area (Å²) in [5.41, 5.74) is 0.612. The highest BCUT2D eigenvalue weighted by molar-refractivity contribution is 5.97. The second kappa shape index (κ2) is 8.85. The lowest BCUT2D eigenvalue weighted by Crippen LogP contribution is -2.30. The van der Waals surface area contributed by atoms with Crippen LogP contribution in [0, 0.1) is 17.0 Å². The number of hydrogen-bond acceptors (Lipinski definition) is 6. The molecule has 1 amide bonds. The largest absolute Gasteiger partial charge is 0.493 e. The topological polar surface area (TPSA) is 128 Å². The number of nitrogens with one attached hydrogen (secondary N) is 1. The molecule has 0 aliphatic rings. The summed E-state index contributed by atoms with van der Waals surface area (Å²) in [6.45, 7) is 1.47. The Bertz CT molecular complexity index is 911. The van der Waals surface area contributed by atoms with E-state index in [-0.39, 0.29) is 23.2 Å². The highest BCUT2D eigenvalue weighted by Gasteiger charge is 2.23. The summed E-state index contributed by atoms with van der Waals surface area (Å²) in [5.74, 6) is -0.879. The molecule has 2 aromatic carbocycles. The Hall–Kier alpha value is -3.62. The zero-order chi connectivity index (χ0) is 20.8. The van der Waals surface area contributed by atoms with Gasteiger partial charge in [0.25, 0.3) is 11.6 Å². The van der Waals surface area contributed by atoms with Crippen LogP contribution < -0.4 is 14.8 Å². The monoisotopic (exact) mass is 388 g/mol. The smallest absolute Gasteiger partial charge is 0.305 e. The first-order valence-electron chi connectivity index (χ1n) is 8.27. The fourth-order valence-corrected chi connectivity index (χ4v) is 2.80. The van der Waals surface area contributed by atoms with Gasteiger partial charge in [0.2, 0.25) is 0 Å².